The van der Waals surface area contributed by atoms with Crippen LogP contribution in [0.5, 0.6) is 0 Å². The van der Waals surface area contributed by atoms with Gasteiger partial charge in [0.25, 0.3) is 0 Å². The number of hydrogen-bond acceptors (Lipinski definition) is 4. The number of carbonyl (C=O) groups is 2. The molecule has 6 nitrogen and oxygen atoms in total. The van der Waals surface area contributed by atoms with Crippen LogP contribution < -0.4 is 10.6 Å². The lowest BCUT2D eigenvalue weighted by Gasteiger charge is -2.21. The Hall–Kier alpha value is -1.76. The molecule has 2 amide bonds. The van der Waals surface area contributed by atoms with Crippen molar-refractivity contribution in [1.82, 2.24) is 10.6 Å². The highest BCUT2D eigenvalue weighted by Gasteiger charge is 2.20. The molecule has 0 aliphatic heterocycles. The molecular weight excluding hydrogens is 328 g/mol. The van der Waals surface area contributed by atoms with E-state index in [0.29, 0.717) is 5.56 Å². The highest BCUT2D eigenvalue weighted by molar-refractivity contribution is 9.10. The summed E-state index contributed by atoms with van der Waals surface area (Å²) in [6.45, 7) is 3.89. The van der Waals surface area contributed by atoms with Gasteiger partial charge in [-0.25, -0.2) is 9.59 Å². The van der Waals surface area contributed by atoms with Gasteiger partial charge in [-0.3, -0.25) is 10.6 Å². The van der Waals surface area contributed by atoms with E-state index >= 15 is 0 Å². The summed E-state index contributed by atoms with van der Waals surface area (Å²) >= 11 is 3.37. The van der Waals surface area contributed by atoms with E-state index in [2.05, 4.69) is 26.6 Å². The van der Waals surface area contributed by atoms with E-state index in [1.807, 2.05) is 12.1 Å². The second-order valence-electron chi connectivity index (χ2n) is 3.68. The van der Waals surface area contributed by atoms with Crippen LogP contribution in [0.15, 0.2) is 28.7 Å². The summed E-state index contributed by atoms with van der Waals surface area (Å²) in [5.74, 6) is 0. The minimum Gasteiger partial charge on any atom is -0.450 e. The Morgan fingerprint density at radius 1 is 1.10 bits per heavy atom. The molecule has 1 aromatic carbocycles. The Bertz CT molecular complexity index is 447. The molecule has 0 atom stereocenters. The second-order valence-corrected chi connectivity index (χ2v) is 4.54. The summed E-state index contributed by atoms with van der Waals surface area (Å²) in [6, 6.07) is 7.21. The monoisotopic (exact) mass is 344 g/mol. The lowest BCUT2D eigenvalue weighted by molar-refractivity contribution is 0.135. The molecule has 0 bridgehead atoms. The molecule has 0 saturated carbocycles. The van der Waals surface area contributed by atoms with Crippen molar-refractivity contribution in [3.8, 4) is 0 Å². The van der Waals surface area contributed by atoms with Crippen LogP contribution >= 0.6 is 15.9 Å². The van der Waals surface area contributed by atoms with Gasteiger partial charge in [0.05, 0.1) is 13.2 Å². The zero-order valence-electron chi connectivity index (χ0n) is 11.3. The quantitative estimate of drug-likeness (QED) is 0.805. The number of halogens is 1. The molecular formula is C13H17BrN2O4. The first-order valence-electron chi connectivity index (χ1n) is 6.19. The molecule has 2 N–H and O–H groups in total. The van der Waals surface area contributed by atoms with Crippen LogP contribution in [0.1, 0.15) is 25.6 Å². The minimum absolute atomic E-state index is 0.244. The molecule has 20 heavy (non-hydrogen) atoms. The zero-order chi connectivity index (χ0) is 15.0. The fourth-order valence-corrected chi connectivity index (χ4v) is 2.00. The maximum atomic E-state index is 11.5. The van der Waals surface area contributed by atoms with Crippen molar-refractivity contribution in [3.63, 3.8) is 0 Å². The summed E-state index contributed by atoms with van der Waals surface area (Å²) in [5.41, 5.74) is 0.689. The second kappa shape index (κ2) is 8.42. The van der Waals surface area contributed by atoms with Crippen LogP contribution in [0.25, 0.3) is 0 Å². The van der Waals surface area contributed by atoms with Crippen molar-refractivity contribution >= 4 is 28.1 Å². The summed E-state index contributed by atoms with van der Waals surface area (Å²) < 4.78 is 10.4. The molecule has 0 heterocycles. The summed E-state index contributed by atoms with van der Waals surface area (Å²) in [7, 11) is 0. The van der Waals surface area contributed by atoms with Crippen LogP contribution in [-0.4, -0.2) is 25.4 Å². The van der Waals surface area contributed by atoms with Crippen molar-refractivity contribution in [2.24, 2.45) is 0 Å². The molecule has 0 fully saturated rings. The topological polar surface area (TPSA) is 76.7 Å². The number of hydrogen-bond donors (Lipinski definition) is 2. The molecule has 110 valence electrons. The van der Waals surface area contributed by atoms with Gasteiger partial charge in [0.1, 0.15) is 6.17 Å². The van der Waals surface area contributed by atoms with Crippen molar-refractivity contribution < 1.29 is 19.1 Å². The number of nitrogens with one attached hydrogen (secondary N) is 2. The van der Waals surface area contributed by atoms with Gasteiger partial charge >= 0.3 is 12.2 Å². The zero-order valence-corrected chi connectivity index (χ0v) is 12.9. The molecule has 0 aliphatic carbocycles. The normalized spacial score (nSPS) is 10.0. The average Bonchev–Trinajstić information content (AvgIpc) is 2.39. The Kier molecular flexibility index (Phi) is 6.86. The largest absolute Gasteiger partial charge is 0.450 e. The SMILES string of the molecule is CCOC(=O)NC(NC(=O)OCC)c1ccccc1Br. The number of carbonyl (C=O) groups excluding carboxylic acids is 2. The lowest BCUT2D eigenvalue weighted by Crippen LogP contribution is -2.41. The third-order valence-electron chi connectivity index (χ3n) is 2.29. The first-order valence-corrected chi connectivity index (χ1v) is 6.98. The van der Waals surface area contributed by atoms with Crippen molar-refractivity contribution in [3.05, 3.63) is 34.3 Å². The minimum atomic E-state index is -0.747. The van der Waals surface area contributed by atoms with E-state index in [0.717, 1.165) is 4.47 Å². The molecule has 7 heteroatoms. The molecule has 1 rings (SSSR count). The van der Waals surface area contributed by atoms with Gasteiger partial charge in [0, 0.05) is 10.0 Å². The van der Waals surface area contributed by atoms with E-state index < -0.39 is 18.4 Å². The van der Waals surface area contributed by atoms with E-state index in [-0.39, 0.29) is 13.2 Å². The maximum absolute atomic E-state index is 11.5. The molecule has 0 aromatic heterocycles. The molecule has 1 aromatic rings. The smallest absolute Gasteiger partial charge is 0.409 e. The molecule has 0 aliphatic rings. The predicted octanol–water partition coefficient (Wildman–Crippen LogP) is 2.94. The highest BCUT2D eigenvalue weighted by Crippen LogP contribution is 2.21. The highest BCUT2D eigenvalue weighted by atomic mass is 79.9. The number of benzene rings is 1. The van der Waals surface area contributed by atoms with Gasteiger partial charge < -0.3 is 9.47 Å². The fourth-order valence-electron chi connectivity index (χ4n) is 1.48. The standard InChI is InChI=1S/C13H17BrN2O4/c1-3-19-12(17)15-11(16-13(18)20-4-2)9-7-5-6-8-10(9)14/h5-8,11H,3-4H2,1-2H3,(H,15,17)(H,16,18). The lowest BCUT2D eigenvalue weighted by atomic mass is 10.2. The molecule has 0 radical (unpaired) electrons. The van der Waals surface area contributed by atoms with Crippen molar-refractivity contribution in [1.29, 1.82) is 0 Å². The maximum Gasteiger partial charge on any atom is 0.409 e. The van der Waals surface area contributed by atoms with Gasteiger partial charge in [-0.15, -0.1) is 0 Å². The third-order valence-corrected chi connectivity index (χ3v) is 3.01. The summed E-state index contributed by atoms with van der Waals surface area (Å²) in [5, 5.41) is 5.12. The first kappa shape index (κ1) is 16.3. The van der Waals surface area contributed by atoms with Gasteiger partial charge in [-0.2, -0.15) is 0 Å². The average molecular weight is 345 g/mol. The summed E-state index contributed by atoms with van der Waals surface area (Å²) in [6.07, 6.45) is -1.99. The number of amides is 2. The van der Waals surface area contributed by atoms with Crippen LogP contribution in [0.2, 0.25) is 0 Å². The van der Waals surface area contributed by atoms with Gasteiger partial charge in [-0.05, 0) is 19.9 Å². The van der Waals surface area contributed by atoms with Crippen LogP contribution in [-0.2, 0) is 9.47 Å². The predicted molar refractivity (Wildman–Crippen MR) is 77.2 cm³/mol. The van der Waals surface area contributed by atoms with Crippen LogP contribution in [0.3, 0.4) is 0 Å². The Morgan fingerprint density at radius 3 is 2.05 bits per heavy atom. The Balaban J connectivity index is 2.86. The van der Waals surface area contributed by atoms with Gasteiger partial charge in [0.15, 0.2) is 0 Å². The molecule has 0 spiro atoms. The van der Waals surface area contributed by atoms with E-state index in [9.17, 15) is 9.59 Å². The summed E-state index contributed by atoms with van der Waals surface area (Å²) in [4.78, 5) is 23.1. The van der Waals surface area contributed by atoms with Crippen molar-refractivity contribution in [2.45, 2.75) is 20.0 Å². The number of rotatable bonds is 5. The van der Waals surface area contributed by atoms with Gasteiger partial charge in [-0.1, -0.05) is 34.1 Å². The van der Waals surface area contributed by atoms with E-state index in [4.69, 9.17) is 9.47 Å². The van der Waals surface area contributed by atoms with Crippen LogP contribution in [0.4, 0.5) is 9.59 Å². The number of ether oxygens (including phenoxy) is 2. The molecule has 0 unspecified atom stereocenters. The van der Waals surface area contributed by atoms with Gasteiger partial charge in [0.2, 0.25) is 0 Å². The first-order chi connectivity index (χ1) is 9.58. The Morgan fingerprint density at radius 2 is 1.60 bits per heavy atom. The van der Waals surface area contributed by atoms with Crippen molar-refractivity contribution in [2.75, 3.05) is 13.2 Å². The Labute approximate surface area is 126 Å². The fraction of sp³-hybridized carbons (Fsp3) is 0.385. The molecule has 0 saturated heterocycles. The number of alkyl carbamates (subject to hydrolysis) is 2. The third kappa shape index (κ3) is 5.08. The van der Waals surface area contributed by atoms with E-state index in [1.54, 1.807) is 26.0 Å². The van der Waals surface area contributed by atoms with E-state index in [1.165, 1.54) is 0 Å². The van der Waals surface area contributed by atoms with Crippen LogP contribution in [0, 0.1) is 0 Å².